The van der Waals surface area contributed by atoms with Gasteiger partial charge in [-0.05, 0) is 27.7 Å². The van der Waals surface area contributed by atoms with Gasteiger partial charge in [-0.1, -0.05) is 0 Å². The second-order valence-corrected chi connectivity index (χ2v) is 4.52. The molecule has 0 aromatic rings. The van der Waals surface area contributed by atoms with Crippen molar-refractivity contribution in [2.45, 2.75) is 33.3 Å². The molecule has 0 heterocycles. The number of alkyl carbamates (subject to hydrolysis) is 1. The van der Waals surface area contributed by atoms with Crippen molar-refractivity contribution in [3.05, 3.63) is 11.8 Å². The van der Waals surface area contributed by atoms with Crippen LogP contribution in [0.25, 0.3) is 0 Å². The Hall–Kier alpha value is -1.72. The monoisotopic (exact) mass is 244 g/mol. The zero-order valence-electron chi connectivity index (χ0n) is 10.7. The Balaban J connectivity index is 3.72. The molecule has 3 N–H and O–H groups in total. The van der Waals surface area contributed by atoms with E-state index in [9.17, 15) is 9.59 Å². The molecule has 0 bridgehead atoms. The first kappa shape index (κ1) is 15.3. The number of amides is 1. The van der Waals surface area contributed by atoms with E-state index in [1.54, 1.807) is 27.7 Å². The van der Waals surface area contributed by atoms with Crippen molar-refractivity contribution in [3.63, 3.8) is 0 Å². The van der Waals surface area contributed by atoms with Crippen LogP contribution in [0.3, 0.4) is 0 Å². The lowest BCUT2D eigenvalue weighted by atomic mass is 10.2. The van der Waals surface area contributed by atoms with Crippen LogP contribution in [0.5, 0.6) is 0 Å². The second-order valence-electron chi connectivity index (χ2n) is 4.52. The maximum atomic E-state index is 11.2. The van der Waals surface area contributed by atoms with Crippen LogP contribution in [0.4, 0.5) is 4.79 Å². The first-order valence-corrected chi connectivity index (χ1v) is 5.32. The van der Waals surface area contributed by atoms with Crippen LogP contribution in [0.2, 0.25) is 0 Å². The van der Waals surface area contributed by atoms with Gasteiger partial charge in [0.2, 0.25) is 0 Å². The van der Waals surface area contributed by atoms with Crippen LogP contribution in [0.1, 0.15) is 27.7 Å². The second kappa shape index (κ2) is 6.78. The first-order valence-electron chi connectivity index (χ1n) is 5.32. The SMILES string of the molecule is C/C(=C\C(=O)O)NCCNC(=O)OC(C)(C)C. The highest BCUT2D eigenvalue weighted by Gasteiger charge is 2.15. The van der Waals surface area contributed by atoms with Gasteiger partial charge in [-0.15, -0.1) is 0 Å². The van der Waals surface area contributed by atoms with Crippen molar-refractivity contribution in [1.82, 2.24) is 10.6 Å². The van der Waals surface area contributed by atoms with Gasteiger partial charge in [0, 0.05) is 24.9 Å². The minimum absolute atomic E-state index is 0.361. The fourth-order valence-corrected chi connectivity index (χ4v) is 0.975. The summed E-state index contributed by atoms with van der Waals surface area (Å²) in [4.78, 5) is 21.5. The standard InChI is InChI=1S/C11H20N2O4/c1-8(7-9(14)15)12-5-6-13-10(16)17-11(2,3)4/h7,12H,5-6H2,1-4H3,(H,13,16)(H,14,15)/b8-7+. The summed E-state index contributed by atoms with van der Waals surface area (Å²) in [6, 6.07) is 0. The van der Waals surface area contributed by atoms with Crippen LogP contribution in [-0.2, 0) is 9.53 Å². The molecule has 0 aliphatic rings. The summed E-state index contributed by atoms with van der Waals surface area (Å²) in [5, 5.41) is 13.8. The maximum absolute atomic E-state index is 11.2. The summed E-state index contributed by atoms with van der Waals surface area (Å²) in [7, 11) is 0. The van der Waals surface area contributed by atoms with Crippen LogP contribution in [0.15, 0.2) is 11.8 Å². The molecule has 6 heteroatoms. The topological polar surface area (TPSA) is 87.7 Å². The predicted octanol–water partition coefficient (Wildman–Crippen LogP) is 1.09. The molecule has 0 aliphatic heterocycles. The van der Waals surface area contributed by atoms with Crippen molar-refractivity contribution in [3.8, 4) is 0 Å². The van der Waals surface area contributed by atoms with Crippen LogP contribution in [-0.4, -0.2) is 35.9 Å². The summed E-state index contributed by atoms with van der Waals surface area (Å²) < 4.78 is 5.02. The Morgan fingerprint density at radius 2 is 1.76 bits per heavy atom. The number of carbonyl (C=O) groups is 2. The van der Waals surface area contributed by atoms with E-state index in [0.29, 0.717) is 18.8 Å². The number of ether oxygens (including phenoxy) is 1. The van der Waals surface area contributed by atoms with E-state index in [-0.39, 0.29) is 0 Å². The Morgan fingerprint density at radius 1 is 1.24 bits per heavy atom. The third kappa shape index (κ3) is 10.6. The molecule has 98 valence electrons. The van der Waals surface area contributed by atoms with Gasteiger partial charge in [0.25, 0.3) is 0 Å². The van der Waals surface area contributed by atoms with Gasteiger partial charge in [-0.25, -0.2) is 9.59 Å². The summed E-state index contributed by atoms with van der Waals surface area (Å²) >= 11 is 0. The zero-order valence-corrected chi connectivity index (χ0v) is 10.7. The third-order valence-corrected chi connectivity index (χ3v) is 1.54. The van der Waals surface area contributed by atoms with Crippen LogP contribution < -0.4 is 10.6 Å². The van der Waals surface area contributed by atoms with Crippen molar-refractivity contribution in [2.75, 3.05) is 13.1 Å². The molecular weight excluding hydrogens is 224 g/mol. The number of aliphatic carboxylic acids is 1. The first-order chi connectivity index (χ1) is 7.70. The van der Waals surface area contributed by atoms with Crippen LogP contribution >= 0.6 is 0 Å². The smallest absolute Gasteiger partial charge is 0.407 e. The summed E-state index contributed by atoms with van der Waals surface area (Å²) in [6.45, 7) is 7.79. The zero-order chi connectivity index (χ0) is 13.5. The number of nitrogens with one attached hydrogen (secondary N) is 2. The molecule has 0 aliphatic carbocycles. The lowest BCUT2D eigenvalue weighted by Gasteiger charge is -2.19. The van der Waals surface area contributed by atoms with Gasteiger partial charge in [-0.3, -0.25) is 0 Å². The van der Waals surface area contributed by atoms with E-state index in [2.05, 4.69) is 10.6 Å². The Bertz CT molecular complexity index is 305. The molecule has 1 amide bonds. The summed E-state index contributed by atoms with van der Waals surface area (Å²) in [6.07, 6.45) is 0.576. The molecule has 0 spiro atoms. The van der Waals surface area contributed by atoms with Gasteiger partial charge in [0.05, 0.1) is 0 Å². The van der Waals surface area contributed by atoms with Gasteiger partial charge < -0.3 is 20.5 Å². The van der Waals surface area contributed by atoms with E-state index in [1.807, 2.05) is 0 Å². The molecule has 0 fully saturated rings. The minimum Gasteiger partial charge on any atom is -0.478 e. The number of hydrogen-bond donors (Lipinski definition) is 3. The molecule has 0 atom stereocenters. The van der Waals surface area contributed by atoms with Crippen LogP contribution in [0, 0.1) is 0 Å². The largest absolute Gasteiger partial charge is 0.478 e. The number of rotatable bonds is 5. The molecule has 6 nitrogen and oxygen atoms in total. The number of carboxylic acid groups (broad SMARTS) is 1. The third-order valence-electron chi connectivity index (χ3n) is 1.54. The average molecular weight is 244 g/mol. The number of carbonyl (C=O) groups excluding carboxylic acids is 1. The molecular formula is C11H20N2O4. The Morgan fingerprint density at radius 3 is 2.24 bits per heavy atom. The highest BCUT2D eigenvalue weighted by atomic mass is 16.6. The quantitative estimate of drug-likeness (QED) is 0.497. The highest BCUT2D eigenvalue weighted by Crippen LogP contribution is 2.05. The molecule has 0 radical (unpaired) electrons. The normalized spacial score (nSPS) is 11.9. The van der Waals surface area contributed by atoms with E-state index < -0.39 is 17.7 Å². The Labute approximate surface area is 101 Å². The molecule has 0 saturated heterocycles. The lowest BCUT2D eigenvalue weighted by Crippen LogP contribution is -2.36. The molecule has 0 saturated carbocycles. The highest BCUT2D eigenvalue weighted by molar-refractivity contribution is 5.80. The number of carboxylic acids is 1. The van der Waals surface area contributed by atoms with Gasteiger partial charge >= 0.3 is 12.1 Å². The van der Waals surface area contributed by atoms with E-state index in [4.69, 9.17) is 9.84 Å². The van der Waals surface area contributed by atoms with Crippen molar-refractivity contribution >= 4 is 12.1 Å². The summed E-state index contributed by atoms with van der Waals surface area (Å²) in [5.74, 6) is -1.00. The molecule has 0 rings (SSSR count). The van der Waals surface area contributed by atoms with Gasteiger partial charge in [-0.2, -0.15) is 0 Å². The van der Waals surface area contributed by atoms with E-state index >= 15 is 0 Å². The summed E-state index contributed by atoms with van der Waals surface area (Å²) in [5.41, 5.74) is 0.0138. The van der Waals surface area contributed by atoms with E-state index in [0.717, 1.165) is 6.08 Å². The number of allylic oxidation sites excluding steroid dienone is 1. The van der Waals surface area contributed by atoms with E-state index in [1.165, 1.54) is 0 Å². The molecule has 17 heavy (non-hydrogen) atoms. The molecule has 0 unspecified atom stereocenters. The van der Waals surface area contributed by atoms with Gasteiger partial charge in [0.15, 0.2) is 0 Å². The Kier molecular flexibility index (Phi) is 6.09. The maximum Gasteiger partial charge on any atom is 0.407 e. The van der Waals surface area contributed by atoms with Gasteiger partial charge in [0.1, 0.15) is 5.60 Å². The fourth-order valence-electron chi connectivity index (χ4n) is 0.975. The average Bonchev–Trinajstić information content (AvgIpc) is 2.08. The molecule has 0 aromatic heterocycles. The van der Waals surface area contributed by atoms with Crippen molar-refractivity contribution < 1.29 is 19.4 Å². The predicted molar refractivity (Wildman–Crippen MR) is 63.6 cm³/mol. The van der Waals surface area contributed by atoms with Crippen molar-refractivity contribution in [1.29, 1.82) is 0 Å². The fraction of sp³-hybridized carbons (Fsp3) is 0.636. The minimum atomic E-state index is -1.00. The number of hydrogen-bond acceptors (Lipinski definition) is 4. The lowest BCUT2D eigenvalue weighted by molar-refractivity contribution is -0.131. The van der Waals surface area contributed by atoms with Crippen molar-refractivity contribution in [2.24, 2.45) is 0 Å². The molecule has 0 aromatic carbocycles.